The number of nitrogens with two attached hydrogens (primary N) is 1. The van der Waals surface area contributed by atoms with Crippen molar-refractivity contribution in [1.82, 2.24) is 20.3 Å². The van der Waals surface area contributed by atoms with Crippen LogP contribution in [0.5, 0.6) is 0 Å². The number of hydrogen-bond donors (Lipinski definition) is 3. The van der Waals surface area contributed by atoms with Gasteiger partial charge >= 0.3 is 0 Å². The first kappa shape index (κ1) is 12.3. The highest BCUT2D eigenvalue weighted by atomic mass is 16.2. The van der Waals surface area contributed by atoms with Crippen molar-refractivity contribution in [3.8, 4) is 0 Å². The van der Waals surface area contributed by atoms with E-state index in [4.69, 9.17) is 5.73 Å². The summed E-state index contributed by atoms with van der Waals surface area (Å²) in [6.07, 6.45) is 1.69. The van der Waals surface area contributed by atoms with Crippen molar-refractivity contribution in [2.45, 2.75) is 18.9 Å². The van der Waals surface area contributed by atoms with Crippen LogP contribution in [0.15, 0.2) is 0 Å². The number of rotatable bonds is 3. The second kappa shape index (κ2) is 5.03. The molecule has 98 valence electrons. The Labute approximate surface area is 105 Å². The number of anilines is 3. The summed E-state index contributed by atoms with van der Waals surface area (Å²) in [5.74, 6) is 0.883. The van der Waals surface area contributed by atoms with E-state index in [2.05, 4.69) is 25.6 Å². The van der Waals surface area contributed by atoms with Crippen LogP contribution in [-0.4, -0.2) is 47.5 Å². The zero-order valence-electron chi connectivity index (χ0n) is 10.5. The average molecular weight is 251 g/mol. The van der Waals surface area contributed by atoms with E-state index in [-0.39, 0.29) is 17.9 Å². The number of nitrogen functional groups attached to an aromatic ring is 1. The van der Waals surface area contributed by atoms with Gasteiger partial charge in [0.05, 0.1) is 0 Å². The quantitative estimate of drug-likeness (QED) is 0.646. The van der Waals surface area contributed by atoms with Gasteiger partial charge in [-0.15, -0.1) is 0 Å². The first-order valence-corrected chi connectivity index (χ1v) is 5.79. The minimum absolute atomic E-state index is 0.0355. The Morgan fingerprint density at radius 3 is 2.83 bits per heavy atom. The van der Waals surface area contributed by atoms with Crippen LogP contribution in [0.1, 0.15) is 12.8 Å². The van der Waals surface area contributed by atoms with Crippen molar-refractivity contribution in [2.75, 3.05) is 36.6 Å². The molecule has 1 aromatic heterocycles. The molecular formula is C10H17N7O. The van der Waals surface area contributed by atoms with E-state index in [1.165, 1.54) is 0 Å². The molecule has 0 radical (unpaired) electrons. The lowest BCUT2D eigenvalue weighted by Gasteiger charge is -2.23. The highest BCUT2D eigenvalue weighted by molar-refractivity contribution is 5.84. The number of hydrogen-bond acceptors (Lipinski definition) is 7. The van der Waals surface area contributed by atoms with E-state index < -0.39 is 0 Å². The van der Waals surface area contributed by atoms with Gasteiger partial charge in [-0.1, -0.05) is 0 Å². The second-order valence-corrected chi connectivity index (χ2v) is 4.34. The Bertz CT molecular complexity index is 448. The standard InChI is InChI=1S/C10H17N7O/c1-17(2)10-15-8(11)14-9(16-10)13-6-4-3-5-12-7(6)18/h6H,3-5H2,1-2H3,(H,12,18)(H3,11,13,14,15,16). The largest absolute Gasteiger partial charge is 0.368 e. The zero-order chi connectivity index (χ0) is 13.1. The summed E-state index contributed by atoms with van der Waals surface area (Å²) in [6, 6.07) is -0.310. The second-order valence-electron chi connectivity index (χ2n) is 4.34. The minimum atomic E-state index is -0.310. The topological polar surface area (TPSA) is 109 Å². The molecular weight excluding hydrogens is 234 g/mol. The van der Waals surface area contributed by atoms with Crippen LogP contribution in [0.2, 0.25) is 0 Å². The molecule has 1 aromatic rings. The minimum Gasteiger partial charge on any atom is -0.368 e. The van der Waals surface area contributed by atoms with Crippen LogP contribution in [0.4, 0.5) is 17.8 Å². The van der Waals surface area contributed by atoms with Crippen LogP contribution in [0, 0.1) is 0 Å². The number of nitrogens with one attached hydrogen (secondary N) is 2. The predicted octanol–water partition coefficient (Wildman–Crippen LogP) is -0.790. The Kier molecular flexibility index (Phi) is 3.45. The lowest BCUT2D eigenvalue weighted by atomic mass is 10.1. The third-order valence-corrected chi connectivity index (χ3v) is 2.63. The Morgan fingerprint density at radius 2 is 2.17 bits per heavy atom. The van der Waals surface area contributed by atoms with Crippen LogP contribution in [0.3, 0.4) is 0 Å². The zero-order valence-corrected chi connectivity index (χ0v) is 10.5. The van der Waals surface area contributed by atoms with Gasteiger partial charge in [-0.2, -0.15) is 15.0 Å². The molecule has 1 atom stereocenters. The molecule has 0 spiro atoms. The molecule has 0 aliphatic carbocycles. The fourth-order valence-electron chi connectivity index (χ4n) is 1.71. The molecule has 1 unspecified atom stereocenters. The lowest BCUT2D eigenvalue weighted by molar-refractivity contribution is -0.123. The smallest absolute Gasteiger partial charge is 0.242 e. The first-order chi connectivity index (χ1) is 8.56. The van der Waals surface area contributed by atoms with Gasteiger partial charge in [-0.25, -0.2) is 0 Å². The Morgan fingerprint density at radius 1 is 1.39 bits per heavy atom. The summed E-state index contributed by atoms with van der Waals surface area (Å²) in [4.78, 5) is 25.5. The number of nitrogens with zero attached hydrogens (tertiary/aromatic N) is 4. The molecule has 8 heteroatoms. The van der Waals surface area contributed by atoms with Gasteiger partial charge in [0.25, 0.3) is 0 Å². The van der Waals surface area contributed by atoms with Crippen LogP contribution >= 0.6 is 0 Å². The maximum Gasteiger partial charge on any atom is 0.242 e. The van der Waals surface area contributed by atoms with Crippen LogP contribution < -0.4 is 21.3 Å². The van der Waals surface area contributed by atoms with E-state index >= 15 is 0 Å². The summed E-state index contributed by atoms with van der Waals surface area (Å²) in [5, 5.41) is 5.78. The number of carbonyl (C=O) groups is 1. The molecule has 8 nitrogen and oxygen atoms in total. The summed E-state index contributed by atoms with van der Waals surface area (Å²) >= 11 is 0. The maximum absolute atomic E-state index is 11.6. The third-order valence-electron chi connectivity index (χ3n) is 2.63. The molecule has 0 bridgehead atoms. The van der Waals surface area contributed by atoms with Gasteiger partial charge < -0.3 is 21.3 Å². The van der Waals surface area contributed by atoms with Crippen LogP contribution in [0.25, 0.3) is 0 Å². The van der Waals surface area contributed by atoms with E-state index in [0.29, 0.717) is 11.9 Å². The molecule has 2 rings (SSSR count). The van der Waals surface area contributed by atoms with E-state index in [9.17, 15) is 4.79 Å². The number of piperidine rings is 1. The average Bonchev–Trinajstić information content (AvgIpc) is 2.31. The molecule has 1 fully saturated rings. The Balaban J connectivity index is 2.15. The maximum atomic E-state index is 11.6. The van der Waals surface area contributed by atoms with Crippen molar-refractivity contribution in [2.24, 2.45) is 0 Å². The van der Waals surface area contributed by atoms with Gasteiger partial charge in [-0.3, -0.25) is 4.79 Å². The van der Waals surface area contributed by atoms with Crippen molar-refractivity contribution in [3.63, 3.8) is 0 Å². The normalized spacial score (nSPS) is 19.2. The molecule has 1 saturated heterocycles. The van der Waals surface area contributed by atoms with Crippen molar-refractivity contribution >= 4 is 23.8 Å². The molecule has 1 aliphatic heterocycles. The number of aromatic nitrogens is 3. The molecule has 1 aliphatic rings. The molecule has 0 aromatic carbocycles. The van der Waals surface area contributed by atoms with Gasteiger partial charge in [0.15, 0.2) is 0 Å². The SMILES string of the molecule is CN(C)c1nc(N)nc(NC2CCCNC2=O)n1. The molecule has 18 heavy (non-hydrogen) atoms. The van der Waals surface area contributed by atoms with E-state index in [0.717, 1.165) is 19.4 Å². The number of carbonyl (C=O) groups excluding carboxylic acids is 1. The van der Waals surface area contributed by atoms with Crippen molar-refractivity contribution < 1.29 is 4.79 Å². The van der Waals surface area contributed by atoms with Gasteiger partial charge in [0, 0.05) is 20.6 Å². The van der Waals surface area contributed by atoms with Crippen molar-refractivity contribution in [1.29, 1.82) is 0 Å². The first-order valence-electron chi connectivity index (χ1n) is 5.79. The monoisotopic (exact) mass is 251 g/mol. The molecule has 2 heterocycles. The van der Waals surface area contributed by atoms with E-state index in [1.807, 2.05) is 14.1 Å². The number of amides is 1. The molecule has 4 N–H and O–H groups in total. The molecule has 1 amide bonds. The summed E-state index contributed by atoms with van der Waals surface area (Å²) in [7, 11) is 3.62. The predicted molar refractivity (Wildman–Crippen MR) is 68.2 cm³/mol. The molecule has 0 saturated carbocycles. The highest BCUT2D eigenvalue weighted by Crippen LogP contribution is 2.13. The van der Waals surface area contributed by atoms with Crippen molar-refractivity contribution in [3.05, 3.63) is 0 Å². The fraction of sp³-hybridized carbons (Fsp3) is 0.600. The summed E-state index contributed by atoms with van der Waals surface area (Å²) in [5.41, 5.74) is 5.61. The fourth-order valence-corrected chi connectivity index (χ4v) is 1.71. The summed E-state index contributed by atoms with van der Waals surface area (Å²) < 4.78 is 0. The van der Waals surface area contributed by atoms with Gasteiger partial charge in [-0.05, 0) is 12.8 Å². The third kappa shape index (κ3) is 2.76. The highest BCUT2D eigenvalue weighted by Gasteiger charge is 2.22. The van der Waals surface area contributed by atoms with E-state index in [1.54, 1.807) is 4.90 Å². The van der Waals surface area contributed by atoms with Crippen LogP contribution in [-0.2, 0) is 4.79 Å². The lowest BCUT2D eigenvalue weighted by Crippen LogP contribution is -2.44. The van der Waals surface area contributed by atoms with Gasteiger partial charge in [0.1, 0.15) is 6.04 Å². The van der Waals surface area contributed by atoms with Gasteiger partial charge in [0.2, 0.25) is 23.8 Å². The summed E-state index contributed by atoms with van der Waals surface area (Å²) in [6.45, 7) is 0.722. The Hall–Kier alpha value is -2.12.